The number of alkyl halides is 3. The zero-order valence-corrected chi connectivity index (χ0v) is 19.6. The zero-order valence-electron chi connectivity index (χ0n) is 18.8. The van der Waals surface area contributed by atoms with E-state index in [0.29, 0.717) is 16.7 Å². The minimum atomic E-state index is -4.49. The molecule has 0 atom stereocenters. The van der Waals surface area contributed by atoms with Crippen LogP contribution in [0, 0.1) is 6.92 Å². The molecule has 1 fully saturated rings. The van der Waals surface area contributed by atoms with Gasteiger partial charge in [-0.25, -0.2) is 13.4 Å². The third-order valence-electron chi connectivity index (χ3n) is 5.95. The Morgan fingerprint density at radius 3 is 2.23 bits per heavy atom. The van der Waals surface area contributed by atoms with Crippen molar-refractivity contribution in [3.05, 3.63) is 77.5 Å². The number of primary amides is 1. The summed E-state index contributed by atoms with van der Waals surface area (Å²) in [6.45, 7) is 1.96. The standard InChI is InChI=1S/C24H23F3N4O3S/c1-16-15-29-22(14-21(16)24(25,26)27)30-10-12-31(13-11-30)35(33,34)18-8-6-17(7-9-18)19-4-2-3-5-20(19)23(28)32/h2-9,14-15H,10-13H2,1H3,(H2,28,32). The predicted molar refractivity (Wildman–Crippen MR) is 125 cm³/mol. The number of anilines is 1. The first-order valence-electron chi connectivity index (χ1n) is 10.8. The molecule has 0 unspecified atom stereocenters. The van der Waals surface area contributed by atoms with E-state index in [9.17, 15) is 26.4 Å². The Morgan fingerprint density at radius 1 is 1.00 bits per heavy atom. The summed E-state index contributed by atoms with van der Waals surface area (Å²) in [6.07, 6.45) is -3.31. The van der Waals surface area contributed by atoms with Gasteiger partial charge in [0.1, 0.15) is 5.82 Å². The Bertz CT molecular complexity index is 1350. The Balaban J connectivity index is 1.49. The molecular formula is C24H23F3N4O3S. The van der Waals surface area contributed by atoms with Gasteiger partial charge in [0, 0.05) is 37.9 Å². The molecule has 3 aromatic rings. The lowest BCUT2D eigenvalue weighted by Crippen LogP contribution is -2.49. The van der Waals surface area contributed by atoms with Crippen molar-refractivity contribution in [1.82, 2.24) is 9.29 Å². The number of amides is 1. The second kappa shape index (κ2) is 9.31. The molecule has 1 amide bonds. The molecule has 0 radical (unpaired) electrons. The number of aromatic nitrogens is 1. The second-order valence-corrected chi connectivity index (χ2v) is 10.1. The highest BCUT2D eigenvalue weighted by Crippen LogP contribution is 2.34. The van der Waals surface area contributed by atoms with Gasteiger partial charge in [-0.2, -0.15) is 17.5 Å². The van der Waals surface area contributed by atoms with E-state index in [-0.39, 0.29) is 42.5 Å². The summed E-state index contributed by atoms with van der Waals surface area (Å²) < 4.78 is 67.3. The lowest BCUT2D eigenvalue weighted by Gasteiger charge is -2.35. The number of hydrogen-bond donors (Lipinski definition) is 1. The highest BCUT2D eigenvalue weighted by Gasteiger charge is 2.34. The fraction of sp³-hybridized carbons (Fsp3) is 0.250. The number of piperazine rings is 1. The number of benzene rings is 2. The largest absolute Gasteiger partial charge is 0.416 e. The smallest absolute Gasteiger partial charge is 0.366 e. The van der Waals surface area contributed by atoms with Crippen molar-refractivity contribution >= 4 is 21.7 Å². The number of halogens is 3. The van der Waals surface area contributed by atoms with Crippen LogP contribution in [0.4, 0.5) is 19.0 Å². The van der Waals surface area contributed by atoms with Crippen molar-refractivity contribution < 1.29 is 26.4 Å². The maximum Gasteiger partial charge on any atom is 0.416 e. The van der Waals surface area contributed by atoms with E-state index >= 15 is 0 Å². The number of pyridine rings is 1. The summed E-state index contributed by atoms with van der Waals surface area (Å²) in [5.74, 6) is -0.418. The van der Waals surface area contributed by atoms with Gasteiger partial charge in [-0.15, -0.1) is 0 Å². The van der Waals surface area contributed by atoms with E-state index in [1.165, 1.54) is 29.6 Å². The molecule has 184 valence electrons. The molecule has 0 saturated carbocycles. The SMILES string of the molecule is Cc1cnc(N2CCN(S(=O)(=O)c3ccc(-c4ccccc4C(N)=O)cc3)CC2)cc1C(F)(F)F. The summed E-state index contributed by atoms with van der Waals surface area (Å²) in [6, 6.07) is 13.9. The van der Waals surface area contributed by atoms with Gasteiger partial charge in [0.05, 0.1) is 10.5 Å². The molecule has 4 rings (SSSR count). The van der Waals surface area contributed by atoms with Crippen molar-refractivity contribution in [2.24, 2.45) is 5.73 Å². The molecule has 0 bridgehead atoms. The number of hydrogen-bond acceptors (Lipinski definition) is 5. The van der Waals surface area contributed by atoms with Crippen molar-refractivity contribution in [3.8, 4) is 11.1 Å². The lowest BCUT2D eigenvalue weighted by molar-refractivity contribution is -0.138. The van der Waals surface area contributed by atoms with E-state index in [1.54, 1.807) is 41.3 Å². The lowest BCUT2D eigenvalue weighted by atomic mass is 9.99. The highest BCUT2D eigenvalue weighted by molar-refractivity contribution is 7.89. The van der Waals surface area contributed by atoms with Gasteiger partial charge in [0.15, 0.2) is 0 Å². The predicted octanol–water partition coefficient (Wildman–Crippen LogP) is 3.69. The average molecular weight is 505 g/mol. The summed E-state index contributed by atoms with van der Waals surface area (Å²) in [4.78, 5) is 17.5. The number of nitrogens with two attached hydrogens (primary N) is 1. The van der Waals surface area contributed by atoms with Gasteiger partial charge < -0.3 is 10.6 Å². The molecule has 1 aromatic heterocycles. The first-order chi connectivity index (χ1) is 16.5. The number of rotatable bonds is 5. The fourth-order valence-electron chi connectivity index (χ4n) is 4.05. The summed E-state index contributed by atoms with van der Waals surface area (Å²) in [7, 11) is -3.82. The van der Waals surface area contributed by atoms with Crippen LogP contribution in [-0.4, -0.2) is 49.8 Å². The van der Waals surface area contributed by atoms with Crippen LogP contribution in [0.3, 0.4) is 0 Å². The first kappa shape index (κ1) is 24.7. The molecule has 2 aromatic carbocycles. The van der Waals surface area contributed by atoms with Gasteiger partial charge in [-0.05, 0) is 47.9 Å². The molecule has 11 heteroatoms. The number of nitrogens with zero attached hydrogens (tertiary/aromatic N) is 3. The monoisotopic (exact) mass is 504 g/mol. The van der Waals surface area contributed by atoms with Gasteiger partial charge >= 0.3 is 6.18 Å². The van der Waals surface area contributed by atoms with Crippen LogP contribution in [-0.2, 0) is 16.2 Å². The van der Waals surface area contributed by atoms with Crippen LogP contribution in [0.1, 0.15) is 21.5 Å². The number of carbonyl (C=O) groups is 1. The van der Waals surface area contributed by atoms with E-state index in [2.05, 4.69) is 4.98 Å². The van der Waals surface area contributed by atoms with E-state index in [0.717, 1.165) is 6.07 Å². The van der Waals surface area contributed by atoms with Gasteiger partial charge in [0.25, 0.3) is 0 Å². The molecular weight excluding hydrogens is 481 g/mol. The molecule has 0 spiro atoms. The number of carbonyl (C=O) groups excluding carboxylic acids is 1. The summed E-state index contributed by atoms with van der Waals surface area (Å²) in [5, 5.41) is 0. The molecule has 2 heterocycles. The second-order valence-electron chi connectivity index (χ2n) is 8.18. The third-order valence-corrected chi connectivity index (χ3v) is 7.87. The highest BCUT2D eigenvalue weighted by atomic mass is 32.2. The van der Waals surface area contributed by atoms with Crippen molar-refractivity contribution in [3.63, 3.8) is 0 Å². The van der Waals surface area contributed by atoms with Gasteiger partial charge in [-0.1, -0.05) is 30.3 Å². The topological polar surface area (TPSA) is 96.6 Å². The fourth-order valence-corrected chi connectivity index (χ4v) is 5.48. The first-order valence-corrected chi connectivity index (χ1v) is 12.2. The number of sulfonamides is 1. The Labute approximate surface area is 201 Å². The minimum absolute atomic E-state index is 0.0318. The van der Waals surface area contributed by atoms with Gasteiger partial charge in [0.2, 0.25) is 15.9 Å². The molecule has 1 aliphatic heterocycles. The van der Waals surface area contributed by atoms with Crippen LogP contribution in [0.15, 0.2) is 65.7 Å². The van der Waals surface area contributed by atoms with Crippen molar-refractivity contribution in [2.45, 2.75) is 18.0 Å². The van der Waals surface area contributed by atoms with Crippen molar-refractivity contribution in [1.29, 1.82) is 0 Å². The van der Waals surface area contributed by atoms with Crippen molar-refractivity contribution in [2.75, 3.05) is 31.1 Å². The van der Waals surface area contributed by atoms with Gasteiger partial charge in [-0.3, -0.25) is 4.79 Å². The maximum atomic E-state index is 13.2. The zero-order chi connectivity index (χ0) is 25.4. The molecule has 7 nitrogen and oxygen atoms in total. The van der Waals surface area contributed by atoms with Crippen LogP contribution in [0.2, 0.25) is 0 Å². The molecule has 35 heavy (non-hydrogen) atoms. The third kappa shape index (κ3) is 5.01. The Kier molecular flexibility index (Phi) is 6.56. The molecule has 2 N–H and O–H groups in total. The Hall–Kier alpha value is -3.44. The average Bonchev–Trinajstić information content (AvgIpc) is 2.84. The Morgan fingerprint density at radius 2 is 1.63 bits per heavy atom. The number of aryl methyl sites for hydroxylation is 1. The quantitative estimate of drug-likeness (QED) is 0.572. The van der Waals surface area contributed by atoms with E-state index < -0.39 is 27.7 Å². The summed E-state index contributed by atoms with van der Waals surface area (Å²) >= 11 is 0. The van der Waals surface area contributed by atoms with E-state index in [4.69, 9.17) is 5.73 Å². The maximum absolute atomic E-state index is 13.2. The molecule has 1 aliphatic rings. The van der Waals surface area contributed by atoms with Crippen LogP contribution < -0.4 is 10.6 Å². The molecule has 1 saturated heterocycles. The minimum Gasteiger partial charge on any atom is -0.366 e. The molecule has 0 aliphatic carbocycles. The van der Waals surface area contributed by atoms with Crippen LogP contribution >= 0.6 is 0 Å². The van der Waals surface area contributed by atoms with Crippen LogP contribution in [0.5, 0.6) is 0 Å². The normalized spacial score (nSPS) is 15.3. The van der Waals surface area contributed by atoms with Crippen LogP contribution in [0.25, 0.3) is 11.1 Å². The van der Waals surface area contributed by atoms with E-state index in [1.807, 2.05) is 0 Å². The summed E-state index contributed by atoms with van der Waals surface area (Å²) in [5.41, 5.74) is 6.29.